The summed E-state index contributed by atoms with van der Waals surface area (Å²) in [7, 11) is 0. The van der Waals surface area contributed by atoms with Crippen LogP contribution in [0.25, 0.3) is 46.4 Å². The van der Waals surface area contributed by atoms with E-state index in [4.69, 9.17) is 5.84 Å². The van der Waals surface area contributed by atoms with Gasteiger partial charge in [-0.2, -0.15) is 11.1 Å². The maximum absolute atomic E-state index is 5.01. The summed E-state index contributed by atoms with van der Waals surface area (Å²) >= 11 is 0. The number of nitrogens with two attached hydrogens (primary N) is 1. The number of nitrogens with one attached hydrogen (secondary N) is 5. The van der Waals surface area contributed by atoms with Crippen LogP contribution in [0.15, 0.2) is 48.5 Å². The van der Waals surface area contributed by atoms with Gasteiger partial charge in [-0.3, -0.25) is 5.84 Å². The molecular weight excluding hydrogens is 536 g/mol. The summed E-state index contributed by atoms with van der Waals surface area (Å²) < 4.78 is 0. The predicted molar refractivity (Wildman–Crippen MR) is 160 cm³/mol. The van der Waals surface area contributed by atoms with Gasteiger partial charge in [0.2, 0.25) is 0 Å². The Morgan fingerprint density at radius 1 is 0.615 bits per heavy atom. The fraction of sp³-hybridized carbons (Fsp3) is 0.333. The molecule has 8 bridgehead atoms. The molecule has 7 N–H and O–H groups in total. The minimum absolute atomic E-state index is 0. The molecule has 3 aromatic heterocycles. The summed E-state index contributed by atoms with van der Waals surface area (Å²) in [4.78, 5) is 16.0. The summed E-state index contributed by atoms with van der Waals surface area (Å²) in [5.74, 6) is 5.01. The van der Waals surface area contributed by atoms with Gasteiger partial charge in [-0.15, -0.1) is 0 Å². The molecule has 0 saturated carbocycles. The molecule has 0 unspecified atom stereocenters. The molecule has 9 heteroatoms. The van der Waals surface area contributed by atoms with Gasteiger partial charge in [0.1, 0.15) is 0 Å². The van der Waals surface area contributed by atoms with Crippen LogP contribution in [0.3, 0.4) is 0 Å². The molecule has 0 fully saturated rings. The number of nitrogens with zero attached hydrogens (tertiary/aromatic N) is 2. The van der Waals surface area contributed by atoms with E-state index in [2.05, 4.69) is 73.7 Å². The smallest absolute Gasteiger partial charge is 0.0659 e. The molecule has 0 aromatic carbocycles. The average molecular weight is 576 g/mol. The topological polar surface area (TPSA) is 119 Å². The number of hydrogen-bond acceptors (Lipinski definition) is 6. The van der Waals surface area contributed by atoms with Crippen LogP contribution >= 0.6 is 0 Å². The predicted octanol–water partition coefficient (Wildman–Crippen LogP) is 6.25. The van der Waals surface area contributed by atoms with Gasteiger partial charge in [-0.25, -0.2) is 15.4 Å². The summed E-state index contributed by atoms with van der Waals surface area (Å²) in [6.07, 6.45) is 18.9. The van der Waals surface area contributed by atoms with E-state index in [9.17, 15) is 0 Å². The van der Waals surface area contributed by atoms with Crippen molar-refractivity contribution in [3.05, 3.63) is 71.3 Å². The third-order valence-electron chi connectivity index (χ3n) is 6.36. The second-order valence-corrected chi connectivity index (χ2v) is 9.58. The minimum atomic E-state index is 0. The zero-order valence-corrected chi connectivity index (χ0v) is 23.5. The van der Waals surface area contributed by atoms with Crippen LogP contribution in [-0.2, 0) is 17.1 Å². The van der Waals surface area contributed by atoms with Crippen molar-refractivity contribution in [2.24, 2.45) is 5.84 Å². The first-order chi connectivity index (χ1) is 18.7. The van der Waals surface area contributed by atoms with Crippen LogP contribution in [0, 0.1) is 0 Å². The molecule has 0 spiro atoms. The van der Waals surface area contributed by atoms with E-state index in [1.54, 1.807) is 0 Å². The van der Waals surface area contributed by atoms with Gasteiger partial charge in [0, 0.05) is 45.7 Å². The zero-order valence-electron chi connectivity index (χ0n) is 22.6. The summed E-state index contributed by atoms with van der Waals surface area (Å²) in [5, 5.41) is 0. The van der Waals surface area contributed by atoms with Crippen molar-refractivity contribution in [2.45, 2.75) is 58.3 Å². The van der Waals surface area contributed by atoms with E-state index in [1.807, 2.05) is 42.5 Å². The Morgan fingerprint density at radius 3 is 1.54 bits per heavy atom. The van der Waals surface area contributed by atoms with Crippen LogP contribution in [0.1, 0.15) is 81.1 Å². The average Bonchev–Trinajstić information content (AvgIpc) is 3.72. The Balaban J connectivity index is 0.000000245. The molecule has 39 heavy (non-hydrogen) atoms. The number of fused-ring (bicyclic) bond motifs is 8. The standard InChI is InChI=1S/C20H14N4.C10H26N4.Cu/c1-2-14-10-16-5-6-18(23-16)12-20-8-7-19(24-20)11-17-4-3-15(22-17)9-13(1)21-14;1-2-3-4-5-6-7-8-9-10-12-14-13-11;/h1-12,21-22H;12-14H,2-11H2,1H3;. The van der Waals surface area contributed by atoms with E-state index in [0.29, 0.717) is 0 Å². The number of hydrogen-bond donors (Lipinski definition) is 6. The summed E-state index contributed by atoms with van der Waals surface area (Å²) in [5.41, 5.74) is 15.8. The van der Waals surface area contributed by atoms with Crippen LogP contribution < -0.4 is 22.3 Å². The van der Waals surface area contributed by atoms with Gasteiger partial charge in [-0.1, -0.05) is 51.9 Å². The van der Waals surface area contributed by atoms with Crippen LogP contribution in [0.2, 0.25) is 0 Å². The molecule has 0 aliphatic carbocycles. The molecule has 5 rings (SSSR count). The largest absolute Gasteiger partial charge is 0.355 e. The van der Waals surface area contributed by atoms with Crippen LogP contribution in [-0.4, -0.2) is 26.5 Å². The monoisotopic (exact) mass is 575 g/mol. The van der Waals surface area contributed by atoms with Crippen molar-refractivity contribution in [1.29, 1.82) is 0 Å². The fourth-order valence-corrected chi connectivity index (χ4v) is 4.40. The normalized spacial score (nSPS) is 11.6. The maximum atomic E-state index is 5.01. The molecule has 211 valence electrons. The number of unbranched alkanes of at least 4 members (excludes halogenated alkanes) is 7. The Hall–Kier alpha value is -3.04. The van der Waals surface area contributed by atoms with E-state index < -0.39 is 0 Å². The van der Waals surface area contributed by atoms with Gasteiger partial charge in [0.15, 0.2) is 0 Å². The van der Waals surface area contributed by atoms with Crippen molar-refractivity contribution in [3.8, 4) is 0 Å². The van der Waals surface area contributed by atoms with Crippen molar-refractivity contribution >= 4 is 46.4 Å². The third-order valence-corrected chi connectivity index (χ3v) is 6.36. The molecule has 5 heterocycles. The first kappa shape index (κ1) is 30.5. The van der Waals surface area contributed by atoms with Crippen LogP contribution in [0.5, 0.6) is 0 Å². The molecule has 2 aliphatic heterocycles. The second-order valence-electron chi connectivity index (χ2n) is 9.58. The fourth-order valence-electron chi connectivity index (χ4n) is 4.40. The van der Waals surface area contributed by atoms with Crippen molar-refractivity contribution < 1.29 is 17.1 Å². The molecule has 2 aliphatic rings. The van der Waals surface area contributed by atoms with Crippen molar-refractivity contribution in [2.75, 3.05) is 6.54 Å². The van der Waals surface area contributed by atoms with Crippen LogP contribution in [0.4, 0.5) is 0 Å². The molecule has 0 atom stereocenters. The first-order valence-electron chi connectivity index (χ1n) is 13.7. The van der Waals surface area contributed by atoms with Gasteiger partial charge >= 0.3 is 0 Å². The second kappa shape index (κ2) is 16.8. The molecule has 0 saturated heterocycles. The number of hydrazine groups is 3. The molecule has 1 radical (unpaired) electrons. The molecule has 8 nitrogen and oxygen atoms in total. The number of aromatic nitrogens is 4. The minimum Gasteiger partial charge on any atom is -0.355 e. The van der Waals surface area contributed by atoms with E-state index in [1.165, 1.54) is 51.4 Å². The summed E-state index contributed by atoms with van der Waals surface area (Å²) in [6, 6.07) is 16.4. The Kier molecular flexibility index (Phi) is 13.2. The first-order valence-corrected chi connectivity index (χ1v) is 13.7. The number of H-pyrrole nitrogens is 2. The Bertz CT molecular complexity index is 1270. The van der Waals surface area contributed by atoms with Crippen molar-refractivity contribution in [1.82, 2.24) is 36.4 Å². The van der Waals surface area contributed by atoms with E-state index in [0.717, 1.165) is 51.4 Å². The van der Waals surface area contributed by atoms with Gasteiger partial charge < -0.3 is 9.97 Å². The molecular formula is C30H40CuN8. The zero-order chi connectivity index (χ0) is 26.4. The quantitative estimate of drug-likeness (QED) is 0.0479. The third kappa shape index (κ3) is 10.6. The van der Waals surface area contributed by atoms with Gasteiger partial charge in [-0.05, 0) is 79.3 Å². The van der Waals surface area contributed by atoms with E-state index in [-0.39, 0.29) is 17.1 Å². The Labute approximate surface area is 241 Å². The van der Waals surface area contributed by atoms with Crippen molar-refractivity contribution in [3.63, 3.8) is 0 Å². The number of rotatable bonds is 11. The molecule has 0 amide bonds. The summed E-state index contributed by atoms with van der Waals surface area (Å²) in [6.45, 7) is 3.23. The molecule has 3 aromatic rings. The van der Waals surface area contributed by atoms with E-state index >= 15 is 0 Å². The van der Waals surface area contributed by atoms with Gasteiger partial charge in [0.25, 0.3) is 0 Å². The SMILES string of the molecule is C1=Cc2cc3ccc(cc4ccc(cc5nc(cc1n2)C=C5)[nH]4)[nH]3.CCCCCCCCCCNNNN.[Cu]. The Morgan fingerprint density at radius 2 is 1.05 bits per heavy atom. The maximum Gasteiger partial charge on any atom is 0.0659 e. The van der Waals surface area contributed by atoms with Gasteiger partial charge in [0.05, 0.1) is 22.8 Å². The number of aromatic amines is 2.